The van der Waals surface area contributed by atoms with Crippen molar-refractivity contribution < 1.29 is 41.0 Å². The minimum absolute atomic E-state index is 0.0486. The fourth-order valence-corrected chi connectivity index (χ4v) is 4.83. The highest BCUT2D eigenvalue weighted by atomic mass is 32.2. The van der Waals surface area contributed by atoms with E-state index in [2.05, 4.69) is 19.1 Å². The molecule has 0 bridgehead atoms. The van der Waals surface area contributed by atoms with Crippen molar-refractivity contribution in [1.82, 2.24) is 0 Å². The second-order valence-electron chi connectivity index (χ2n) is 9.66. The van der Waals surface area contributed by atoms with Crippen LogP contribution in [0.25, 0.3) is 0 Å². The van der Waals surface area contributed by atoms with Crippen LogP contribution in [0.5, 0.6) is 5.75 Å². The van der Waals surface area contributed by atoms with Crippen LogP contribution in [0.4, 0.5) is 0 Å². The molecule has 9 nitrogen and oxygen atoms in total. The summed E-state index contributed by atoms with van der Waals surface area (Å²) in [6.45, 7) is 6.97. The molecule has 0 fully saturated rings. The van der Waals surface area contributed by atoms with Crippen molar-refractivity contribution in [2.75, 3.05) is 79.3 Å². The van der Waals surface area contributed by atoms with E-state index in [1.807, 2.05) is 12.1 Å². The summed E-state index contributed by atoms with van der Waals surface area (Å²) in [5.41, 5.74) is 1.37. The molecule has 2 rings (SSSR count). The predicted octanol–water partition coefficient (Wildman–Crippen LogP) is 5.46. The fourth-order valence-electron chi connectivity index (χ4n) is 3.92. The molecule has 10 heteroatoms. The molecule has 0 aromatic heterocycles. The highest BCUT2D eigenvalue weighted by Crippen LogP contribution is 2.15. The maximum atomic E-state index is 12.0. The Balaban J connectivity index is 1.28. The lowest BCUT2D eigenvalue weighted by molar-refractivity contribution is -0.0140. The van der Waals surface area contributed by atoms with Crippen molar-refractivity contribution in [1.29, 1.82) is 0 Å². The molecule has 0 saturated heterocycles. The minimum atomic E-state index is -3.75. The van der Waals surface area contributed by atoms with Gasteiger partial charge < -0.3 is 28.4 Å². The molecular formula is C32H50O9S. The Bertz CT molecular complexity index is 985. The molecule has 0 aliphatic heterocycles. The van der Waals surface area contributed by atoms with E-state index >= 15 is 0 Å². The highest BCUT2D eigenvalue weighted by molar-refractivity contribution is 7.86. The summed E-state index contributed by atoms with van der Waals surface area (Å²) in [5.74, 6) is 0.872. The van der Waals surface area contributed by atoms with Gasteiger partial charge in [0.25, 0.3) is 10.1 Å². The van der Waals surface area contributed by atoms with Crippen LogP contribution in [0.15, 0.2) is 59.5 Å². The third kappa shape index (κ3) is 18.5. The number of benzene rings is 2. The number of rotatable bonds is 28. The van der Waals surface area contributed by atoms with Gasteiger partial charge in [-0.2, -0.15) is 8.42 Å². The van der Waals surface area contributed by atoms with Crippen LogP contribution in [-0.2, 0) is 44.4 Å². The molecule has 0 unspecified atom stereocenters. The Morgan fingerprint density at radius 2 is 1.00 bits per heavy atom. The van der Waals surface area contributed by atoms with Crippen LogP contribution in [0.3, 0.4) is 0 Å². The molecule has 0 aliphatic rings. The third-order valence-corrected chi connectivity index (χ3v) is 7.55. The standard InChI is InChI=1S/C32H50O9S/c1-2-3-4-5-6-8-11-30-14-16-31(17-15-30)40-28-26-38-24-22-36-20-18-35-19-21-37-23-25-39-27-29-41-42(33,34)32-12-9-7-10-13-32/h7,9-10,12-17H,2-6,8,11,18-29H2,1H3. The predicted molar refractivity (Wildman–Crippen MR) is 163 cm³/mol. The van der Waals surface area contributed by atoms with Crippen LogP contribution < -0.4 is 4.74 Å². The van der Waals surface area contributed by atoms with Gasteiger partial charge >= 0.3 is 0 Å². The first-order valence-electron chi connectivity index (χ1n) is 15.2. The van der Waals surface area contributed by atoms with Gasteiger partial charge in [-0.15, -0.1) is 0 Å². The topological polar surface area (TPSA) is 98.8 Å². The van der Waals surface area contributed by atoms with Crippen molar-refractivity contribution in [2.45, 2.75) is 56.8 Å². The molecule has 0 heterocycles. The molecule has 0 radical (unpaired) electrons. The molecule has 0 N–H and O–H groups in total. The monoisotopic (exact) mass is 610 g/mol. The lowest BCUT2D eigenvalue weighted by Gasteiger charge is -2.09. The molecule has 2 aromatic rings. The van der Waals surface area contributed by atoms with Crippen molar-refractivity contribution in [2.24, 2.45) is 0 Å². The Morgan fingerprint density at radius 3 is 1.55 bits per heavy atom. The third-order valence-electron chi connectivity index (χ3n) is 6.22. The van der Waals surface area contributed by atoms with Gasteiger partial charge in [0.1, 0.15) is 12.4 Å². The minimum Gasteiger partial charge on any atom is -0.491 e. The van der Waals surface area contributed by atoms with Crippen molar-refractivity contribution in [3.63, 3.8) is 0 Å². The van der Waals surface area contributed by atoms with E-state index in [9.17, 15) is 8.42 Å². The van der Waals surface area contributed by atoms with Gasteiger partial charge in [-0.25, -0.2) is 0 Å². The fraction of sp³-hybridized carbons (Fsp3) is 0.625. The van der Waals surface area contributed by atoms with Gasteiger partial charge in [0.2, 0.25) is 0 Å². The number of ether oxygens (including phenoxy) is 6. The molecule has 42 heavy (non-hydrogen) atoms. The van der Waals surface area contributed by atoms with Gasteiger partial charge in [0, 0.05) is 0 Å². The zero-order valence-corrected chi connectivity index (χ0v) is 26.0. The molecule has 0 aliphatic carbocycles. The summed E-state index contributed by atoms with van der Waals surface area (Å²) in [6.07, 6.45) is 9.04. The van der Waals surface area contributed by atoms with Gasteiger partial charge in [-0.05, 0) is 42.7 Å². The molecule has 238 valence electrons. The van der Waals surface area contributed by atoms with E-state index in [4.69, 9.17) is 32.6 Å². The SMILES string of the molecule is CCCCCCCCc1ccc(OCCOCCOCCOCCOCCOCCOS(=O)(=O)c2ccccc2)cc1. The van der Waals surface area contributed by atoms with Crippen molar-refractivity contribution in [3.8, 4) is 5.75 Å². The zero-order chi connectivity index (χ0) is 30.0. The van der Waals surface area contributed by atoms with Crippen LogP contribution >= 0.6 is 0 Å². The van der Waals surface area contributed by atoms with E-state index in [1.165, 1.54) is 56.2 Å². The first kappa shape index (κ1) is 36.1. The number of hydrogen-bond acceptors (Lipinski definition) is 9. The number of hydrogen-bond donors (Lipinski definition) is 0. The number of unbranched alkanes of at least 4 members (excludes halogenated alkanes) is 5. The summed E-state index contributed by atoms with van der Waals surface area (Å²) in [4.78, 5) is 0.128. The Hall–Kier alpha value is -2.05. The Labute approximate surface area is 252 Å². The van der Waals surface area contributed by atoms with Gasteiger partial charge in [0.05, 0.1) is 77.6 Å². The van der Waals surface area contributed by atoms with E-state index in [1.54, 1.807) is 18.2 Å². The van der Waals surface area contributed by atoms with E-state index < -0.39 is 10.1 Å². The lowest BCUT2D eigenvalue weighted by atomic mass is 10.0. The van der Waals surface area contributed by atoms with Crippen LogP contribution in [-0.4, -0.2) is 87.7 Å². The molecule has 0 amide bonds. The quantitative estimate of drug-likeness (QED) is 0.0919. The average molecular weight is 611 g/mol. The van der Waals surface area contributed by atoms with Crippen LogP contribution in [0, 0.1) is 0 Å². The summed E-state index contributed by atoms with van der Waals surface area (Å²) in [6, 6.07) is 16.4. The Kier molecular flexibility index (Phi) is 21.0. The molecule has 0 atom stereocenters. The van der Waals surface area contributed by atoms with Gasteiger partial charge in [-0.1, -0.05) is 69.4 Å². The van der Waals surface area contributed by atoms with E-state index in [-0.39, 0.29) is 18.1 Å². The second-order valence-corrected chi connectivity index (χ2v) is 11.3. The Morgan fingerprint density at radius 1 is 0.524 bits per heavy atom. The van der Waals surface area contributed by atoms with Crippen LogP contribution in [0.2, 0.25) is 0 Å². The zero-order valence-electron chi connectivity index (χ0n) is 25.2. The van der Waals surface area contributed by atoms with Gasteiger partial charge in [0.15, 0.2) is 0 Å². The van der Waals surface area contributed by atoms with Crippen molar-refractivity contribution >= 4 is 10.1 Å². The van der Waals surface area contributed by atoms with E-state index in [0.717, 1.165) is 12.2 Å². The highest BCUT2D eigenvalue weighted by Gasteiger charge is 2.13. The molecular weight excluding hydrogens is 560 g/mol. The lowest BCUT2D eigenvalue weighted by Crippen LogP contribution is -2.15. The van der Waals surface area contributed by atoms with Crippen LogP contribution in [0.1, 0.15) is 51.0 Å². The summed E-state index contributed by atoms with van der Waals surface area (Å²) in [5, 5.41) is 0. The molecule has 0 spiro atoms. The summed E-state index contributed by atoms with van der Waals surface area (Å²) >= 11 is 0. The maximum Gasteiger partial charge on any atom is 0.297 e. The molecule has 2 aromatic carbocycles. The summed E-state index contributed by atoms with van der Waals surface area (Å²) in [7, 11) is -3.75. The average Bonchev–Trinajstić information content (AvgIpc) is 3.01. The first-order chi connectivity index (χ1) is 20.6. The summed E-state index contributed by atoms with van der Waals surface area (Å²) < 4.78 is 61.9. The number of aryl methyl sites for hydroxylation is 1. The second kappa shape index (κ2) is 24.4. The van der Waals surface area contributed by atoms with Gasteiger partial charge in [-0.3, -0.25) is 4.18 Å². The largest absolute Gasteiger partial charge is 0.491 e. The van der Waals surface area contributed by atoms with Crippen molar-refractivity contribution in [3.05, 3.63) is 60.2 Å². The van der Waals surface area contributed by atoms with E-state index in [0.29, 0.717) is 66.1 Å². The smallest absolute Gasteiger partial charge is 0.297 e. The molecule has 0 saturated carbocycles. The normalized spacial score (nSPS) is 11.6. The maximum absolute atomic E-state index is 12.0. The first-order valence-corrected chi connectivity index (χ1v) is 16.6.